The van der Waals surface area contributed by atoms with Crippen LogP contribution in [-0.2, 0) is 23.2 Å². The van der Waals surface area contributed by atoms with Gasteiger partial charge in [0, 0.05) is 12.8 Å². The molecule has 0 heterocycles. The van der Waals surface area contributed by atoms with Gasteiger partial charge in [-0.05, 0) is 12.8 Å². The molecule has 0 radical (unpaired) electrons. The topological polar surface area (TPSA) is 89.9 Å². The highest BCUT2D eigenvalue weighted by Gasteiger charge is 2.30. The van der Waals surface area contributed by atoms with E-state index in [4.69, 9.17) is 0 Å². The Hall–Kier alpha value is -0.870. The summed E-state index contributed by atoms with van der Waals surface area (Å²) in [7, 11) is -4.63. The molecule has 0 aromatic heterocycles. The summed E-state index contributed by atoms with van der Waals surface area (Å²) in [5, 5.41) is 0. The second kappa shape index (κ2) is 13.6. The maximum Gasteiger partial charge on any atom is 0.589 e. The smallest absolute Gasteiger partial charge is 0.361 e. The summed E-state index contributed by atoms with van der Waals surface area (Å²) in [5.41, 5.74) is 0. The molecule has 6 nitrogen and oxygen atoms in total. The summed E-state index contributed by atoms with van der Waals surface area (Å²) in [6.07, 6.45) is 9.51. The van der Waals surface area contributed by atoms with Gasteiger partial charge in [-0.3, -0.25) is 14.5 Å². The second-order valence-corrected chi connectivity index (χ2v) is 7.03. The zero-order valence-corrected chi connectivity index (χ0v) is 15.3. The van der Waals surface area contributed by atoms with Crippen molar-refractivity contribution < 1.29 is 28.1 Å². The van der Waals surface area contributed by atoms with E-state index >= 15 is 0 Å². The van der Waals surface area contributed by atoms with Gasteiger partial charge in [0.2, 0.25) is 0 Å². The minimum atomic E-state index is -4.63. The van der Waals surface area contributed by atoms with Crippen LogP contribution in [0.25, 0.3) is 0 Å². The number of carbonyl (C=O) groups excluding carboxylic acids is 2. The number of hydrogen-bond acceptors (Lipinski definition) is 5. The van der Waals surface area contributed by atoms with E-state index in [1.807, 2.05) is 0 Å². The van der Waals surface area contributed by atoms with Gasteiger partial charge in [-0.15, -0.1) is 0 Å². The zero-order chi connectivity index (χ0) is 17.6. The van der Waals surface area contributed by atoms with Crippen LogP contribution in [0.15, 0.2) is 0 Å². The van der Waals surface area contributed by atoms with Crippen molar-refractivity contribution in [3.63, 3.8) is 0 Å². The molecule has 0 rings (SSSR count). The highest BCUT2D eigenvalue weighted by molar-refractivity contribution is 7.48. The van der Waals surface area contributed by atoms with E-state index in [1.54, 1.807) is 0 Å². The van der Waals surface area contributed by atoms with E-state index in [0.717, 1.165) is 51.4 Å². The van der Waals surface area contributed by atoms with Crippen LogP contribution in [0.5, 0.6) is 0 Å². The van der Waals surface area contributed by atoms with Crippen LogP contribution in [0.1, 0.15) is 90.9 Å². The number of phosphoric ester groups is 1. The highest BCUT2D eigenvalue weighted by Crippen LogP contribution is 2.44. The second-order valence-electron chi connectivity index (χ2n) is 5.72. The Kier molecular flexibility index (Phi) is 13.0. The summed E-state index contributed by atoms with van der Waals surface area (Å²) >= 11 is 0. The third-order valence-corrected chi connectivity index (χ3v) is 4.27. The average molecular weight is 350 g/mol. The molecule has 0 spiro atoms. The normalized spacial score (nSPS) is 11.3. The van der Waals surface area contributed by atoms with E-state index in [-0.39, 0.29) is 12.8 Å². The van der Waals surface area contributed by atoms with Crippen molar-refractivity contribution in [2.24, 2.45) is 0 Å². The molecule has 7 heteroatoms. The first-order valence-electron chi connectivity index (χ1n) is 8.69. The number of carbonyl (C=O) groups is 2. The molecule has 0 aliphatic rings. The first-order valence-corrected chi connectivity index (χ1v) is 10.2. The molecule has 0 aromatic carbocycles. The fraction of sp³-hybridized carbons (Fsp3) is 0.875. The molecule has 0 atom stereocenters. The van der Waals surface area contributed by atoms with Crippen LogP contribution in [0, 0.1) is 0 Å². The van der Waals surface area contributed by atoms with E-state index in [1.165, 1.54) is 0 Å². The maximum absolute atomic E-state index is 11.6. The summed E-state index contributed by atoms with van der Waals surface area (Å²) in [6, 6.07) is 0. The van der Waals surface area contributed by atoms with Crippen LogP contribution >= 0.6 is 7.82 Å². The van der Waals surface area contributed by atoms with Crippen LogP contribution in [0.2, 0.25) is 0 Å². The summed E-state index contributed by atoms with van der Waals surface area (Å²) in [6.45, 7) is 4.18. The van der Waals surface area contributed by atoms with Gasteiger partial charge in [0.05, 0.1) is 0 Å². The van der Waals surface area contributed by atoms with E-state index in [0.29, 0.717) is 12.8 Å². The van der Waals surface area contributed by atoms with Crippen molar-refractivity contribution in [3.05, 3.63) is 0 Å². The van der Waals surface area contributed by atoms with Crippen molar-refractivity contribution >= 4 is 19.8 Å². The summed E-state index contributed by atoms with van der Waals surface area (Å²) in [5.74, 6) is -1.61. The molecule has 0 bridgehead atoms. The molecule has 0 fully saturated rings. The Bertz CT molecular complexity index is 351. The lowest BCUT2D eigenvalue weighted by Crippen LogP contribution is -2.08. The van der Waals surface area contributed by atoms with Crippen LogP contribution < -0.4 is 0 Å². The lowest BCUT2D eigenvalue weighted by Gasteiger charge is -2.11. The molecule has 0 unspecified atom stereocenters. The van der Waals surface area contributed by atoms with Crippen molar-refractivity contribution in [1.29, 1.82) is 0 Å². The quantitative estimate of drug-likeness (QED) is 0.354. The van der Waals surface area contributed by atoms with Crippen molar-refractivity contribution in [2.45, 2.75) is 90.9 Å². The van der Waals surface area contributed by atoms with Crippen LogP contribution in [-0.4, -0.2) is 16.8 Å². The summed E-state index contributed by atoms with van der Waals surface area (Å²) < 4.78 is 20.4. The minimum Gasteiger partial charge on any atom is -0.361 e. The van der Waals surface area contributed by atoms with E-state index < -0.39 is 19.8 Å². The third-order valence-electron chi connectivity index (χ3n) is 3.40. The average Bonchev–Trinajstić information content (AvgIpc) is 2.45. The van der Waals surface area contributed by atoms with Gasteiger partial charge in [-0.25, -0.2) is 4.57 Å². The molecule has 0 aliphatic carbocycles. The molecular formula is C16H31O6P. The van der Waals surface area contributed by atoms with Gasteiger partial charge in [0.15, 0.2) is 0 Å². The minimum absolute atomic E-state index is 0.0584. The SMILES string of the molecule is CCCCCCCC(=O)OP(=O)(O)OC(=O)CCCCCCC. The third kappa shape index (κ3) is 14.5. The van der Waals surface area contributed by atoms with E-state index in [9.17, 15) is 19.0 Å². The van der Waals surface area contributed by atoms with Crippen molar-refractivity contribution in [1.82, 2.24) is 0 Å². The molecule has 0 aliphatic heterocycles. The molecule has 0 aromatic rings. The number of rotatable bonds is 14. The first-order chi connectivity index (χ1) is 10.9. The molecule has 0 saturated carbocycles. The highest BCUT2D eigenvalue weighted by atomic mass is 31.2. The van der Waals surface area contributed by atoms with Gasteiger partial charge in [0.1, 0.15) is 0 Å². The van der Waals surface area contributed by atoms with Gasteiger partial charge in [-0.2, -0.15) is 0 Å². The predicted molar refractivity (Wildman–Crippen MR) is 88.8 cm³/mol. The first kappa shape index (κ1) is 22.1. The fourth-order valence-electron chi connectivity index (χ4n) is 2.11. The molecule has 0 saturated heterocycles. The Morgan fingerprint density at radius 3 is 1.43 bits per heavy atom. The van der Waals surface area contributed by atoms with Gasteiger partial charge in [0.25, 0.3) is 0 Å². The lowest BCUT2D eigenvalue weighted by molar-refractivity contribution is -0.140. The Morgan fingerprint density at radius 2 is 1.09 bits per heavy atom. The molecule has 0 amide bonds. The number of unbranched alkanes of at least 4 members (excludes halogenated alkanes) is 8. The Labute approximate surface area is 139 Å². The zero-order valence-electron chi connectivity index (χ0n) is 14.4. The van der Waals surface area contributed by atoms with Crippen molar-refractivity contribution in [3.8, 4) is 0 Å². The largest absolute Gasteiger partial charge is 0.589 e. The number of phosphoric acid groups is 1. The lowest BCUT2D eigenvalue weighted by atomic mass is 10.1. The molecular weight excluding hydrogens is 319 g/mol. The Morgan fingerprint density at radius 1 is 0.739 bits per heavy atom. The van der Waals surface area contributed by atoms with Crippen molar-refractivity contribution in [2.75, 3.05) is 0 Å². The molecule has 23 heavy (non-hydrogen) atoms. The van der Waals surface area contributed by atoms with Crippen LogP contribution in [0.4, 0.5) is 0 Å². The van der Waals surface area contributed by atoms with E-state index in [2.05, 4.69) is 22.9 Å². The maximum atomic E-state index is 11.6. The van der Waals surface area contributed by atoms with Gasteiger partial charge < -0.3 is 9.05 Å². The van der Waals surface area contributed by atoms with Gasteiger partial charge >= 0.3 is 19.8 Å². The predicted octanol–water partition coefficient (Wildman–Crippen LogP) is 4.89. The van der Waals surface area contributed by atoms with Gasteiger partial charge in [-0.1, -0.05) is 65.2 Å². The number of hydrogen-bond donors (Lipinski definition) is 1. The Balaban J connectivity index is 3.86. The molecule has 136 valence electrons. The summed E-state index contributed by atoms with van der Waals surface area (Å²) in [4.78, 5) is 32.3. The molecule has 1 N–H and O–H groups in total. The standard InChI is InChI=1S/C16H31O6P/c1-3-5-7-9-11-13-15(17)21-23(19,20)22-16(18)14-12-10-8-6-4-2/h3-14H2,1-2H3,(H,19,20). The monoisotopic (exact) mass is 350 g/mol. The fourth-order valence-corrected chi connectivity index (χ4v) is 2.85. The van der Waals surface area contributed by atoms with Crippen LogP contribution in [0.3, 0.4) is 0 Å².